The topological polar surface area (TPSA) is 92.5 Å². The summed E-state index contributed by atoms with van der Waals surface area (Å²) in [5.74, 6) is -0.358. The molecule has 1 atom stereocenters. The number of nitrogens with zero attached hydrogens (tertiary/aromatic N) is 2. The van der Waals surface area contributed by atoms with Gasteiger partial charge < -0.3 is 5.32 Å². The lowest BCUT2D eigenvalue weighted by Gasteiger charge is -2.14. The van der Waals surface area contributed by atoms with Crippen LogP contribution in [0.3, 0.4) is 0 Å². The fraction of sp³-hybridized carbons (Fsp3) is 0.429. The maximum absolute atomic E-state index is 12.1. The fourth-order valence-electron chi connectivity index (χ4n) is 2.60. The summed E-state index contributed by atoms with van der Waals surface area (Å²) in [6, 6.07) is 5.88. The second-order valence-corrected chi connectivity index (χ2v) is 5.36. The van der Waals surface area contributed by atoms with Crippen molar-refractivity contribution in [3.8, 4) is 0 Å². The molecular formula is C14H15N3O4. The molecule has 110 valence electrons. The van der Waals surface area contributed by atoms with Gasteiger partial charge in [-0.05, 0) is 12.8 Å². The molecule has 0 aromatic heterocycles. The summed E-state index contributed by atoms with van der Waals surface area (Å²) < 4.78 is 0. The van der Waals surface area contributed by atoms with Crippen LogP contribution in [-0.4, -0.2) is 33.7 Å². The maximum Gasteiger partial charge on any atom is 0.273 e. The van der Waals surface area contributed by atoms with Gasteiger partial charge in [0.2, 0.25) is 11.8 Å². The van der Waals surface area contributed by atoms with E-state index in [1.54, 1.807) is 18.2 Å². The van der Waals surface area contributed by atoms with Crippen molar-refractivity contribution in [3.63, 3.8) is 0 Å². The van der Waals surface area contributed by atoms with Crippen molar-refractivity contribution in [1.29, 1.82) is 0 Å². The third-order valence-electron chi connectivity index (χ3n) is 3.82. The Morgan fingerprint density at radius 1 is 1.29 bits per heavy atom. The van der Waals surface area contributed by atoms with Crippen LogP contribution in [0.4, 0.5) is 5.69 Å². The first-order valence-corrected chi connectivity index (χ1v) is 6.89. The smallest absolute Gasteiger partial charge is 0.273 e. The summed E-state index contributed by atoms with van der Waals surface area (Å²) in [6.45, 7) is 0.194. The number of nitro benzene ring substituents is 1. The highest BCUT2D eigenvalue weighted by Gasteiger charge is 2.45. The van der Waals surface area contributed by atoms with Crippen LogP contribution in [0.2, 0.25) is 0 Å². The van der Waals surface area contributed by atoms with Crippen LogP contribution in [0, 0.1) is 10.1 Å². The molecule has 0 spiro atoms. The number of nitrogens with one attached hydrogen (secondary N) is 1. The Morgan fingerprint density at radius 2 is 2.00 bits per heavy atom. The molecule has 21 heavy (non-hydrogen) atoms. The minimum Gasteiger partial charge on any atom is -0.301 e. The molecule has 2 amide bonds. The van der Waals surface area contributed by atoms with Crippen molar-refractivity contribution in [2.45, 2.75) is 37.9 Å². The average Bonchev–Trinajstić information content (AvgIpc) is 3.24. The number of carbonyl (C=O) groups excluding carboxylic acids is 2. The Morgan fingerprint density at radius 3 is 2.67 bits per heavy atom. The monoisotopic (exact) mass is 289 g/mol. The highest BCUT2D eigenvalue weighted by Crippen LogP contribution is 2.31. The van der Waals surface area contributed by atoms with Crippen LogP contribution in [0.25, 0.3) is 0 Å². The highest BCUT2D eigenvalue weighted by atomic mass is 16.6. The molecule has 1 aromatic carbocycles. The van der Waals surface area contributed by atoms with Crippen molar-refractivity contribution in [3.05, 3.63) is 39.9 Å². The van der Waals surface area contributed by atoms with E-state index in [-0.39, 0.29) is 36.5 Å². The van der Waals surface area contributed by atoms with Crippen LogP contribution >= 0.6 is 0 Å². The molecule has 3 rings (SSSR count). The second kappa shape index (κ2) is 5.25. The van der Waals surface area contributed by atoms with Gasteiger partial charge in [0.1, 0.15) is 0 Å². The third-order valence-corrected chi connectivity index (χ3v) is 3.82. The zero-order valence-corrected chi connectivity index (χ0v) is 11.3. The Balaban J connectivity index is 1.67. The van der Waals surface area contributed by atoms with E-state index in [9.17, 15) is 19.7 Å². The summed E-state index contributed by atoms with van der Waals surface area (Å²) in [7, 11) is 0. The molecule has 1 heterocycles. The van der Waals surface area contributed by atoms with Crippen LogP contribution < -0.4 is 5.32 Å². The predicted molar refractivity (Wildman–Crippen MR) is 73.2 cm³/mol. The van der Waals surface area contributed by atoms with Gasteiger partial charge in [-0.15, -0.1) is 0 Å². The molecule has 0 bridgehead atoms. The second-order valence-electron chi connectivity index (χ2n) is 5.36. The normalized spacial score (nSPS) is 21.9. The van der Waals surface area contributed by atoms with Crippen LogP contribution in [0.15, 0.2) is 24.3 Å². The van der Waals surface area contributed by atoms with Gasteiger partial charge in [0.15, 0.2) is 0 Å². The zero-order chi connectivity index (χ0) is 15.0. The maximum atomic E-state index is 12.1. The molecule has 2 fully saturated rings. The Hall–Kier alpha value is -2.28. The number of amides is 2. The lowest BCUT2D eigenvalue weighted by atomic mass is 10.1. The van der Waals surface area contributed by atoms with E-state index in [1.807, 2.05) is 0 Å². The quantitative estimate of drug-likeness (QED) is 0.495. The molecule has 1 aliphatic heterocycles. The number of hydrogen-bond donors (Lipinski definition) is 1. The van der Waals surface area contributed by atoms with Gasteiger partial charge in [-0.1, -0.05) is 18.2 Å². The first-order valence-electron chi connectivity index (χ1n) is 6.89. The van der Waals surface area contributed by atoms with Crippen molar-refractivity contribution in [2.24, 2.45) is 0 Å². The first kappa shape index (κ1) is 13.7. The minimum absolute atomic E-state index is 0.0146. The summed E-state index contributed by atoms with van der Waals surface area (Å²) in [6.07, 6.45) is 1.90. The summed E-state index contributed by atoms with van der Waals surface area (Å²) >= 11 is 0. The van der Waals surface area contributed by atoms with E-state index >= 15 is 0 Å². The van der Waals surface area contributed by atoms with E-state index in [1.165, 1.54) is 11.0 Å². The molecule has 2 aliphatic rings. The Labute approximate surface area is 121 Å². The summed E-state index contributed by atoms with van der Waals surface area (Å²) in [4.78, 5) is 35.8. The van der Waals surface area contributed by atoms with Gasteiger partial charge in [0, 0.05) is 24.2 Å². The first-order chi connectivity index (χ1) is 10.1. The SMILES string of the molecule is O=C1CC(NCc2ccccc2[N+](=O)[O-])C(=O)N1C1CC1. The van der Waals surface area contributed by atoms with Gasteiger partial charge in [-0.2, -0.15) is 0 Å². The highest BCUT2D eigenvalue weighted by molar-refractivity contribution is 6.06. The van der Waals surface area contributed by atoms with Crippen molar-refractivity contribution < 1.29 is 14.5 Å². The zero-order valence-electron chi connectivity index (χ0n) is 11.3. The average molecular weight is 289 g/mol. The number of para-hydroxylation sites is 1. The lowest BCUT2D eigenvalue weighted by Crippen LogP contribution is -2.39. The van der Waals surface area contributed by atoms with E-state index in [2.05, 4.69) is 5.32 Å². The number of nitro groups is 1. The standard InChI is InChI=1S/C14H15N3O4/c18-13-7-11(14(19)16(13)10-5-6-10)15-8-9-3-1-2-4-12(9)17(20)21/h1-4,10-11,15H,5-8H2. The summed E-state index contributed by atoms with van der Waals surface area (Å²) in [5.41, 5.74) is 0.522. The fourth-order valence-corrected chi connectivity index (χ4v) is 2.60. The van der Waals surface area contributed by atoms with E-state index in [0.29, 0.717) is 5.56 Å². The molecule has 1 unspecified atom stereocenters. The largest absolute Gasteiger partial charge is 0.301 e. The molecule has 0 radical (unpaired) electrons. The molecule has 7 nitrogen and oxygen atoms in total. The number of hydrogen-bond acceptors (Lipinski definition) is 5. The van der Waals surface area contributed by atoms with Gasteiger partial charge in [-0.3, -0.25) is 24.6 Å². The third kappa shape index (κ3) is 2.64. The van der Waals surface area contributed by atoms with Crippen molar-refractivity contribution >= 4 is 17.5 Å². The molecular weight excluding hydrogens is 274 g/mol. The number of likely N-dealkylation sites (tertiary alicyclic amines) is 1. The van der Waals surface area contributed by atoms with Gasteiger partial charge in [0.25, 0.3) is 5.69 Å². The Bertz CT molecular complexity index is 612. The van der Waals surface area contributed by atoms with E-state index in [4.69, 9.17) is 0 Å². The van der Waals surface area contributed by atoms with Crippen LogP contribution in [-0.2, 0) is 16.1 Å². The van der Waals surface area contributed by atoms with E-state index in [0.717, 1.165) is 12.8 Å². The number of benzene rings is 1. The number of carbonyl (C=O) groups is 2. The minimum atomic E-state index is -0.571. The Kier molecular flexibility index (Phi) is 3.42. The van der Waals surface area contributed by atoms with Gasteiger partial charge in [0.05, 0.1) is 17.4 Å². The molecule has 1 aromatic rings. The molecule has 1 saturated carbocycles. The summed E-state index contributed by atoms with van der Waals surface area (Å²) in [5, 5.41) is 13.9. The lowest BCUT2D eigenvalue weighted by molar-refractivity contribution is -0.385. The molecule has 1 N–H and O–H groups in total. The van der Waals surface area contributed by atoms with Crippen LogP contribution in [0.1, 0.15) is 24.8 Å². The van der Waals surface area contributed by atoms with Crippen LogP contribution in [0.5, 0.6) is 0 Å². The molecule has 1 aliphatic carbocycles. The number of imide groups is 1. The predicted octanol–water partition coefficient (Wildman–Crippen LogP) is 0.974. The van der Waals surface area contributed by atoms with Crippen molar-refractivity contribution in [1.82, 2.24) is 10.2 Å². The van der Waals surface area contributed by atoms with Gasteiger partial charge >= 0.3 is 0 Å². The van der Waals surface area contributed by atoms with Crippen molar-refractivity contribution in [2.75, 3.05) is 0 Å². The molecule has 7 heteroatoms. The van der Waals surface area contributed by atoms with E-state index < -0.39 is 11.0 Å². The van der Waals surface area contributed by atoms with Gasteiger partial charge in [-0.25, -0.2) is 0 Å². The molecule has 1 saturated heterocycles. The number of rotatable bonds is 5.